The second-order valence-corrected chi connectivity index (χ2v) is 14.8. The number of amides is 3. The molecule has 7 nitrogen and oxygen atoms in total. The van der Waals surface area contributed by atoms with Crippen LogP contribution in [0.25, 0.3) is 0 Å². The summed E-state index contributed by atoms with van der Waals surface area (Å²) < 4.78 is 13.4. The number of urea groups is 1. The van der Waals surface area contributed by atoms with Crippen molar-refractivity contribution < 1.29 is 23.9 Å². The molecule has 180 valence electrons. The highest BCUT2D eigenvalue weighted by Gasteiger charge is 2.61. The van der Waals surface area contributed by atoms with E-state index in [-0.39, 0.29) is 10.9 Å². The predicted octanol–water partition coefficient (Wildman–Crippen LogP) is 1.98. The van der Waals surface area contributed by atoms with Gasteiger partial charge in [-0.25, -0.2) is 4.79 Å². The Hall–Kier alpha value is -2.52. The zero-order valence-electron chi connectivity index (χ0n) is 20.0. The highest BCUT2D eigenvalue weighted by Crippen LogP contribution is 2.44. The van der Waals surface area contributed by atoms with Crippen LogP contribution in [0.15, 0.2) is 60.7 Å². The molecule has 8 heteroatoms. The van der Waals surface area contributed by atoms with Gasteiger partial charge in [0.2, 0.25) is 5.91 Å². The van der Waals surface area contributed by atoms with E-state index in [2.05, 4.69) is 50.4 Å². The molecule has 6 atom stereocenters. The van der Waals surface area contributed by atoms with Crippen LogP contribution in [0.3, 0.4) is 0 Å². The molecule has 2 N–H and O–H groups in total. The number of fused-ring (bicyclic) bond motifs is 4. The number of imide groups is 1. The molecule has 3 amide bonds. The van der Waals surface area contributed by atoms with E-state index in [1.54, 1.807) is 6.92 Å². The number of hydrogen-bond donors (Lipinski definition) is 2. The summed E-state index contributed by atoms with van der Waals surface area (Å²) in [5.41, 5.74) is 0. The van der Waals surface area contributed by atoms with Crippen molar-refractivity contribution in [2.75, 3.05) is 0 Å². The maximum absolute atomic E-state index is 12.7. The van der Waals surface area contributed by atoms with Crippen LogP contribution < -0.4 is 15.7 Å². The SMILES string of the molecule is C[C@@H]1C(=O)NC(=O)N2[C@@H]1[C@@H](O)[C@H]1O[C@@H]2C[C@@H]1O[Si](c1ccccc1)(c1ccccc1)C(C)(C)C. The molecule has 0 unspecified atom stereocenters. The van der Waals surface area contributed by atoms with Crippen molar-refractivity contribution in [3.63, 3.8) is 0 Å². The van der Waals surface area contributed by atoms with Crippen molar-refractivity contribution in [1.82, 2.24) is 10.2 Å². The molecule has 34 heavy (non-hydrogen) atoms. The van der Waals surface area contributed by atoms with Crippen LogP contribution in [0.2, 0.25) is 5.04 Å². The van der Waals surface area contributed by atoms with Gasteiger partial charge in [-0.3, -0.25) is 15.0 Å². The van der Waals surface area contributed by atoms with Crippen LogP contribution in [-0.2, 0) is 14.0 Å². The molecule has 3 heterocycles. The lowest BCUT2D eigenvalue weighted by Crippen LogP contribution is -2.70. The normalized spacial score (nSPS) is 31.3. The number of ether oxygens (including phenoxy) is 1. The molecule has 3 saturated heterocycles. The first kappa shape index (κ1) is 23.2. The first-order valence-electron chi connectivity index (χ1n) is 11.9. The fourth-order valence-corrected chi connectivity index (χ4v) is 10.7. The van der Waals surface area contributed by atoms with Gasteiger partial charge in [0.25, 0.3) is 8.32 Å². The molecule has 0 saturated carbocycles. The van der Waals surface area contributed by atoms with Gasteiger partial charge in [-0.05, 0) is 15.4 Å². The molecular weight excluding hydrogens is 448 g/mol. The van der Waals surface area contributed by atoms with Crippen LogP contribution in [0.4, 0.5) is 4.79 Å². The molecule has 3 aliphatic rings. The van der Waals surface area contributed by atoms with Crippen LogP contribution in [-0.4, -0.2) is 60.8 Å². The van der Waals surface area contributed by atoms with E-state index in [4.69, 9.17) is 9.16 Å². The molecule has 2 bridgehead atoms. The summed E-state index contributed by atoms with van der Waals surface area (Å²) in [4.78, 5) is 26.5. The monoisotopic (exact) mass is 480 g/mol. The Kier molecular flexibility index (Phi) is 5.67. The second-order valence-electron chi connectivity index (χ2n) is 10.6. The van der Waals surface area contributed by atoms with E-state index in [0.29, 0.717) is 6.42 Å². The molecule has 0 aliphatic carbocycles. The van der Waals surface area contributed by atoms with Crippen LogP contribution in [0.1, 0.15) is 34.1 Å². The summed E-state index contributed by atoms with van der Waals surface area (Å²) in [5, 5.41) is 15.8. The van der Waals surface area contributed by atoms with Gasteiger partial charge in [0, 0.05) is 6.42 Å². The van der Waals surface area contributed by atoms with Crippen molar-refractivity contribution in [3.8, 4) is 0 Å². The van der Waals surface area contributed by atoms with E-state index in [0.717, 1.165) is 10.4 Å². The lowest BCUT2D eigenvalue weighted by Gasteiger charge is -2.48. The molecule has 2 aromatic rings. The first-order chi connectivity index (χ1) is 16.1. The Balaban J connectivity index is 1.58. The van der Waals surface area contributed by atoms with E-state index in [1.165, 1.54) is 4.90 Å². The molecular formula is C26H32N2O5Si. The number of aliphatic hydroxyl groups excluding tert-OH is 1. The highest BCUT2D eigenvalue weighted by atomic mass is 28.4. The topological polar surface area (TPSA) is 88.1 Å². The maximum atomic E-state index is 12.7. The van der Waals surface area contributed by atoms with Crippen molar-refractivity contribution >= 4 is 30.6 Å². The third-order valence-corrected chi connectivity index (χ3v) is 12.6. The second kappa shape index (κ2) is 8.30. The minimum Gasteiger partial charge on any atom is -0.402 e. The van der Waals surface area contributed by atoms with Crippen LogP contribution in [0, 0.1) is 5.92 Å². The van der Waals surface area contributed by atoms with Gasteiger partial charge in [0.15, 0.2) is 0 Å². The van der Waals surface area contributed by atoms with Gasteiger partial charge in [-0.2, -0.15) is 0 Å². The fourth-order valence-electron chi connectivity index (χ4n) is 5.96. The van der Waals surface area contributed by atoms with Crippen LogP contribution in [0.5, 0.6) is 0 Å². The molecule has 5 rings (SSSR count). The summed E-state index contributed by atoms with van der Waals surface area (Å²) >= 11 is 0. The molecule has 0 spiro atoms. The number of hydrogen-bond acceptors (Lipinski definition) is 5. The van der Waals surface area contributed by atoms with Gasteiger partial charge in [-0.15, -0.1) is 0 Å². The first-order valence-corrected chi connectivity index (χ1v) is 13.8. The number of benzene rings is 2. The van der Waals surface area contributed by atoms with Gasteiger partial charge in [0.05, 0.1) is 18.1 Å². The minimum absolute atomic E-state index is 0.231. The number of nitrogens with one attached hydrogen (secondary N) is 1. The lowest BCUT2D eigenvalue weighted by molar-refractivity contribution is -0.186. The molecule has 3 fully saturated rings. The van der Waals surface area contributed by atoms with Gasteiger partial charge < -0.3 is 14.3 Å². The maximum Gasteiger partial charge on any atom is 0.326 e. The summed E-state index contributed by atoms with van der Waals surface area (Å²) in [6.07, 6.45) is -2.16. The Morgan fingerprint density at radius 3 is 2.12 bits per heavy atom. The van der Waals surface area contributed by atoms with Gasteiger partial charge in [-0.1, -0.05) is 88.4 Å². The van der Waals surface area contributed by atoms with Crippen molar-refractivity contribution in [2.45, 2.75) is 69.7 Å². The van der Waals surface area contributed by atoms with Gasteiger partial charge >= 0.3 is 6.03 Å². The number of rotatable bonds is 4. The predicted molar refractivity (Wildman–Crippen MR) is 130 cm³/mol. The van der Waals surface area contributed by atoms with E-state index in [1.807, 2.05) is 36.4 Å². The number of carbonyl (C=O) groups excluding carboxylic acids is 2. The fraction of sp³-hybridized carbons (Fsp3) is 0.462. The molecule has 2 aromatic carbocycles. The third-order valence-electron chi connectivity index (χ3n) is 7.57. The van der Waals surface area contributed by atoms with Crippen LogP contribution >= 0.6 is 0 Å². The lowest BCUT2D eigenvalue weighted by atomic mass is 9.89. The molecule has 0 radical (unpaired) electrons. The number of nitrogens with zero attached hydrogens (tertiary/aromatic N) is 1. The van der Waals surface area contributed by atoms with E-state index < -0.39 is 50.8 Å². The number of carbonyl (C=O) groups is 2. The average Bonchev–Trinajstić information content (AvgIpc) is 3.18. The van der Waals surface area contributed by atoms with Crippen molar-refractivity contribution in [1.29, 1.82) is 0 Å². The summed E-state index contributed by atoms with van der Waals surface area (Å²) in [6.45, 7) is 8.35. The Morgan fingerprint density at radius 1 is 1.03 bits per heavy atom. The minimum atomic E-state index is -2.88. The molecule has 0 aromatic heterocycles. The Bertz CT molecular complexity index is 1030. The highest BCUT2D eigenvalue weighted by molar-refractivity contribution is 6.99. The molecule has 3 aliphatic heterocycles. The standard InChI is InChI=1S/C26H32N2O5Si/c1-16-21-22(29)23-19(15-20(32-23)28(21)25(31)27-24(16)30)33-34(26(2,3)4,17-11-7-5-8-12-17)18-13-9-6-10-14-18/h5-14,16,19-23,29H,15H2,1-4H3,(H,27,30,31)/t16-,19-,20+,21-,22+,23-/m0/s1. The van der Waals surface area contributed by atoms with E-state index in [9.17, 15) is 14.7 Å². The summed E-state index contributed by atoms with van der Waals surface area (Å²) in [6, 6.07) is 19.5. The quantitative estimate of drug-likeness (QED) is 0.654. The number of aliphatic hydroxyl groups is 1. The largest absolute Gasteiger partial charge is 0.402 e. The average molecular weight is 481 g/mol. The summed E-state index contributed by atoms with van der Waals surface area (Å²) in [5.74, 6) is -0.899. The zero-order valence-corrected chi connectivity index (χ0v) is 21.0. The third kappa shape index (κ3) is 3.43. The smallest absolute Gasteiger partial charge is 0.326 e. The summed E-state index contributed by atoms with van der Waals surface area (Å²) in [7, 11) is -2.88. The zero-order chi connectivity index (χ0) is 24.3. The Labute approximate surface area is 201 Å². The van der Waals surface area contributed by atoms with Crippen molar-refractivity contribution in [3.05, 3.63) is 60.7 Å². The van der Waals surface area contributed by atoms with Gasteiger partial charge in [0.1, 0.15) is 18.4 Å². The van der Waals surface area contributed by atoms with E-state index >= 15 is 0 Å². The Morgan fingerprint density at radius 2 is 1.59 bits per heavy atom. The van der Waals surface area contributed by atoms with Crippen molar-refractivity contribution in [2.24, 2.45) is 5.92 Å².